The van der Waals surface area contributed by atoms with Crippen LogP contribution in [0.1, 0.15) is 55.7 Å². The van der Waals surface area contributed by atoms with Crippen molar-refractivity contribution in [1.29, 1.82) is 0 Å². The number of rotatable bonds is 2. The summed E-state index contributed by atoms with van der Waals surface area (Å²) >= 11 is 0. The zero-order valence-electron chi connectivity index (χ0n) is 9.24. The molecule has 1 aliphatic heterocycles. The molecule has 1 saturated carbocycles. The molecule has 1 N–H and O–H groups in total. The lowest BCUT2D eigenvalue weighted by molar-refractivity contribution is 0.396. The van der Waals surface area contributed by atoms with Crippen molar-refractivity contribution in [3.05, 3.63) is 11.6 Å². The van der Waals surface area contributed by atoms with Crippen LogP contribution in [0, 0.1) is 0 Å². The molecular weight excluding hydrogens is 188 g/mol. The Balaban J connectivity index is 1.81. The summed E-state index contributed by atoms with van der Waals surface area (Å²) in [7, 11) is 2.02. The Kier molecular flexibility index (Phi) is 2.24. The van der Waals surface area contributed by atoms with Gasteiger partial charge in [0.25, 0.3) is 0 Å². The van der Waals surface area contributed by atoms with E-state index < -0.39 is 0 Å². The van der Waals surface area contributed by atoms with Gasteiger partial charge in [-0.15, -0.1) is 0 Å². The van der Waals surface area contributed by atoms with Crippen LogP contribution < -0.4 is 5.32 Å². The van der Waals surface area contributed by atoms with Crippen LogP contribution in [0.25, 0.3) is 0 Å². The van der Waals surface area contributed by atoms with Gasteiger partial charge in [-0.25, -0.2) is 4.98 Å². The van der Waals surface area contributed by atoms with Crippen molar-refractivity contribution in [2.45, 2.75) is 44.1 Å². The van der Waals surface area contributed by atoms with E-state index in [9.17, 15) is 0 Å². The summed E-state index contributed by atoms with van der Waals surface area (Å²) in [6.45, 7) is 1.11. The van der Waals surface area contributed by atoms with Crippen molar-refractivity contribution in [3.8, 4) is 0 Å². The average molecular weight is 206 g/mol. The molecule has 15 heavy (non-hydrogen) atoms. The van der Waals surface area contributed by atoms with Gasteiger partial charge in [-0.2, -0.15) is 5.10 Å². The smallest absolute Gasteiger partial charge is 0.167 e. The van der Waals surface area contributed by atoms with Crippen LogP contribution in [-0.4, -0.2) is 21.3 Å². The Labute approximate surface area is 90.1 Å². The van der Waals surface area contributed by atoms with Crippen molar-refractivity contribution in [3.63, 3.8) is 0 Å². The highest BCUT2D eigenvalue weighted by Gasteiger charge is 2.30. The molecule has 1 saturated heterocycles. The van der Waals surface area contributed by atoms with Gasteiger partial charge in [-0.05, 0) is 32.2 Å². The van der Waals surface area contributed by atoms with Gasteiger partial charge in [0.05, 0.1) is 6.04 Å². The fraction of sp³-hybridized carbons (Fsp3) is 0.818. The molecule has 2 aliphatic rings. The molecule has 2 fully saturated rings. The number of piperidine rings is 1. The van der Waals surface area contributed by atoms with Gasteiger partial charge < -0.3 is 5.32 Å². The summed E-state index contributed by atoms with van der Waals surface area (Å²) in [5.41, 5.74) is 0. The zero-order chi connectivity index (χ0) is 10.3. The number of aryl methyl sites for hydroxylation is 1. The van der Waals surface area contributed by atoms with Crippen molar-refractivity contribution in [2.24, 2.45) is 7.05 Å². The van der Waals surface area contributed by atoms with E-state index in [1.165, 1.54) is 37.9 Å². The summed E-state index contributed by atoms with van der Waals surface area (Å²) in [4.78, 5) is 4.68. The fourth-order valence-corrected chi connectivity index (χ4v) is 2.33. The van der Waals surface area contributed by atoms with Crippen molar-refractivity contribution >= 4 is 0 Å². The predicted molar refractivity (Wildman–Crippen MR) is 57.6 cm³/mol. The first-order valence-electron chi connectivity index (χ1n) is 5.99. The van der Waals surface area contributed by atoms with E-state index in [1.807, 2.05) is 11.7 Å². The minimum atomic E-state index is 0.400. The van der Waals surface area contributed by atoms with Crippen LogP contribution in [0.3, 0.4) is 0 Å². The van der Waals surface area contributed by atoms with Gasteiger partial charge in [0.2, 0.25) is 0 Å². The normalized spacial score (nSPS) is 26.9. The van der Waals surface area contributed by atoms with Gasteiger partial charge in [-0.1, -0.05) is 6.42 Å². The van der Waals surface area contributed by atoms with Gasteiger partial charge in [0.1, 0.15) is 5.82 Å². The number of aromatic nitrogens is 3. The monoisotopic (exact) mass is 206 g/mol. The molecule has 3 rings (SSSR count). The number of nitrogens with zero attached hydrogens (tertiary/aromatic N) is 3. The second-order valence-corrected chi connectivity index (χ2v) is 4.73. The molecule has 2 heterocycles. The summed E-state index contributed by atoms with van der Waals surface area (Å²) in [5.74, 6) is 2.90. The topological polar surface area (TPSA) is 42.7 Å². The molecule has 1 aromatic heterocycles. The first-order chi connectivity index (χ1) is 7.34. The van der Waals surface area contributed by atoms with E-state index in [4.69, 9.17) is 0 Å². The van der Waals surface area contributed by atoms with Crippen LogP contribution in [0.5, 0.6) is 0 Å². The van der Waals surface area contributed by atoms with Crippen molar-refractivity contribution in [2.75, 3.05) is 6.54 Å². The quantitative estimate of drug-likeness (QED) is 0.797. The highest BCUT2D eigenvalue weighted by molar-refractivity contribution is 5.08. The molecule has 0 spiro atoms. The Hall–Kier alpha value is -0.900. The Morgan fingerprint density at radius 3 is 2.80 bits per heavy atom. The largest absolute Gasteiger partial charge is 0.307 e. The number of nitrogens with one attached hydrogen (secondary N) is 1. The molecule has 4 nitrogen and oxygen atoms in total. The first-order valence-corrected chi connectivity index (χ1v) is 5.99. The molecule has 0 radical (unpaired) electrons. The molecule has 1 aliphatic carbocycles. The van der Waals surface area contributed by atoms with Gasteiger partial charge in [0.15, 0.2) is 5.82 Å². The lowest BCUT2D eigenvalue weighted by atomic mass is 10.0. The van der Waals surface area contributed by atoms with E-state index in [1.54, 1.807) is 0 Å². The third-order valence-corrected chi connectivity index (χ3v) is 3.38. The second kappa shape index (κ2) is 3.59. The maximum absolute atomic E-state index is 4.68. The van der Waals surface area contributed by atoms with Gasteiger partial charge >= 0.3 is 0 Å². The van der Waals surface area contributed by atoms with Crippen LogP contribution in [0.2, 0.25) is 0 Å². The Morgan fingerprint density at radius 2 is 2.13 bits per heavy atom. The van der Waals surface area contributed by atoms with E-state index in [-0.39, 0.29) is 0 Å². The second-order valence-electron chi connectivity index (χ2n) is 4.73. The number of hydrogen-bond donors (Lipinski definition) is 1. The summed E-state index contributed by atoms with van der Waals surface area (Å²) < 4.78 is 1.98. The maximum Gasteiger partial charge on any atom is 0.167 e. The lowest BCUT2D eigenvalue weighted by Crippen LogP contribution is -2.27. The molecular formula is C11H18N4. The standard InChI is InChI=1S/C11H18N4/c1-15-11(8-5-6-8)13-10(14-15)9-4-2-3-7-12-9/h8-9,12H,2-7H2,1H3. The van der Waals surface area contributed by atoms with E-state index in [2.05, 4.69) is 15.4 Å². The maximum atomic E-state index is 4.68. The first kappa shape index (κ1) is 9.33. The van der Waals surface area contributed by atoms with Crippen LogP contribution in [-0.2, 0) is 7.05 Å². The Morgan fingerprint density at radius 1 is 1.27 bits per heavy atom. The molecule has 4 heteroatoms. The van der Waals surface area contributed by atoms with E-state index in [0.29, 0.717) is 12.0 Å². The summed E-state index contributed by atoms with van der Waals surface area (Å²) in [6, 6.07) is 0.400. The molecule has 1 aromatic rings. The molecule has 0 bridgehead atoms. The lowest BCUT2D eigenvalue weighted by Gasteiger charge is -2.20. The van der Waals surface area contributed by atoms with Crippen LogP contribution in [0.15, 0.2) is 0 Å². The molecule has 1 unspecified atom stereocenters. The SMILES string of the molecule is Cn1nc(C2CCCCN2)nc1C1CC1. The molecule has 0 aromatic carbocycles. The zero-order valence-corrected chi connectivity index (χ0v) is 9.24. The van der Waals surface area contributed by atoms with E-state index in [0.717, 1.165) is 12.4 Å². The highest BCUT2D eigenvalue weighted by Crippen LogP contribution is 2.39. The molecule has 82 valence electrons. The molecule has 0 amide bonds. The summed E-state index contributed by atoms with van der Waals surface area (Å²) in [5, 5.41) is 8.04. The van der Waals surface area contributed by atoms with Crippen molar-refractivity contribution < 1.29 is 0 Å². The van der Waals surface area contributed by atoms with Crippen molar-refractivity contribution in [1.82, 2.24) is 20.1 Å². The van der Waals surface area contributed by atoms with Crippen LogP contribution >= 0.6 is 0 Å². The third-order valence-electron chi connectivity index (χ3n) is 3.38. The third kappa shape index (κ3) is 1.78. The molecule has 1 atom stereocenters. The number of hydrogen-bond acceptors (Lipinski definition) is 3. The van der Waals surface area contributed by atoms with Gasteiger partial charge in [0, 0.05) is 13.0 Å². The highest BCUT2D eigenvalue weighted by atomic mass is 15.3. The minimum Gasteiger partial charge on any atom is -0.307 e. The predicted octanol–water partition coefficient (Wildman–Crippen LogP) is 1.51. The average Bonchev–Trinajstić information content (AvgIpc) is 3.04. The summed E-state index contributed by atoms with van der Waals surface area (Å²) in [6.07, 6.45) is 6.37. The van der Waals surface area contributed by atoms with Crippen LogP contribution in [0.4, 0.5) is 0 Å². The van der Waals surface area contributed by atoms with Gasteiger partial charge in [-0.3, -0.25) is 4.68 Å². The van der Waals surface area contributed by atoms with E-state index >= 15 is 0 Å². The fourth-order valence-electron chi connectivity index (χ4n) is 2.33. The Bertz CT molecular complexity index is 347. The minimum absolute atomic E-state index is 0.400.